The molecule has 0 aliphatic rings. The van der Waals surface area contributed by atoms with Crippen molar-refractivity contribution in [3.63, 3.8) is 0 Å². The fraction of sp³-hybridized carbons (Fsp3) is 0.600. The molecular formula is C5H6ClF3O. The molecule has 0 bridgehead atoms. The van der Waals surface area contributed by atoms with Crippen LogP contribution in [0.15, 0.2) is 11.3 Å². The van der Waals surface area contributed by atoms with Crippen molar-refractivity contribution in [1.29, 1.82) is 0 Å². The zero-order valence-corrected chi connectivity index (χ0v) is 5.96. The van der Waals surface area contributed by atoms with Crippen LogP contribution in [0.2, 0.25) is 0 Å². The number of allylic oxidation sites excluding steroid dienone is 1. The molecule has 0 atom stereocenters. The van der Waals surface area contributed by atoms with Gasteiger partial charge in [0.2, 0.25) is 5.76 Å². The van der Waals surface area contributed by atoms with E-state index in [2.05, 4.69) is 4.74 Å². The van der Waals surface area contributed by atoms with E-state index in [1.54, 1.807) is 0 Å². The zero-order chi connectivity index (χ0) is 8.20. The summed E-state index contributed by atoms with van der Waals surface area (Å²) >= 11 is 4.82. The van der Waals surface area contributed by atoms with Gasteiger partial charge >= 0.3 is 6.18 Å². The number of alkyl halides is 3. The Morgan fingerprint density at radius 2 is 2.10 bits per heavy atom. The van der Waals surface area contributed by atoms with E-state index in [0.29, 0.717) is 5.54 Å². The molecule has 0 N–H and O–H groups in total. The zero-order valence-electron chi connectivity index (χ0n) is 5.20. The van der Waals surface area contributed by atoms with Crippen molar-refractivity contribution in [2.45, 2.75) is 13.1 Å². The van der Waals surface area contributed by atoms with E-state index in [-0.39, 0.29) is 6.61 Å². The highest BCUT2D eigenvalue weighted by Crippen LogP contribution is 2.26. The maximum absolute atomic E-state index is 11.6. The standard InChI is InChI=1S/C5H6ClF3O/c1-2-10-4(3-6)5(7,8)9/h3H,2H2,1H3. The Hall–Kier alpha value is -0.380. The predicted octanol–water partition coefficient (Wildman–Crippen LogP) is 2.67. The molecule has 0 aromatic heterocycles. The van der Waals surface area contributed by atoms with Crippen LogP contribution in [0.4, 0.5) is 13.2 Å². The van der Waals surface area contributed by atoms with Gasteiger partial charge in [-0.15, -0.1) is 0 Å². The highest BCUT2D eigenvalue weighted by Gasteiger charge is 2.35. The van der Waals surface area contributed by atoms with Crippen LogP contribution in [0.25, 0.3) is 0 Å². The third kappa shape index (κ3) is 2.96. The molecule has 0 aromatic rings. The Morgan fingerprint density at radius 3 is 2.20 bits per heavy atom. The SMILES string of the molecule is CCOC(=CCl)C(F)(F)F. The second-order valence-corrected chi connectivity index (χ2v) is 1.62. The Labute approximate surface area is 61.4 Å². The number of hydrogen-bond acceptors (Lipinski definition) is 1. The first-order chi connectivity index (χ1) is 4.52. The third-order valence-corrected chi connectivity index (χ3v) is 0.877. The summed E-state index contributed by atoms with van der Waals surface area (Å²) in [6.07, 6.45) is -4.47. The van der Waals surface area contributed by atoms with Crippen molar-refractivity contribution in [2.75, 3.05) is 6.61 Å². The number of hydrogen-bond donors (Lipinski definition) is 0. The molecule has 1 nitrogen and oxygen atoms in total. The van der Waals surface area contributed by atoms with Gasteiger partial charge in [0.15, 0.2) is 0 Å². The maximum Gasteiger partial charge on any atom is 0.449 e. The van der Waals surface area contributed by atoms with Crippen LogP contribution in [0.1, 0.15) is 6.92 Å². The largest absolute Gasteiger partial charge is 0.489 e. The molecule has 0 unspecified atom stereocenters. The summed E-state index contributed by atoms with van der Waals surface area (Å²) in [5, 5.41) is 0. The lowest BCUT2D eigenvalue weighted by Gasteiger charge is -2.09. The minimum absolute atomic E-state index is 0.0436. The molecule has 0 aromatic carbocycles. The Balaban J connectivity index is 4.10. The van der Waals surface area contributed by atoms with Crippen LogP contribution < -0.4 is 0 Å². The van der Waals surface area contributed by atoms with Crippen LogP contribution >= 0.6 is 11.6 Å². The van der Waals surface area contributed by atoms with Gasteiger partial charge in [0, 0.05) is 0 Å². The van der Waals surface area contributed by atoms with Crippen LogP contribution in [-0.2, 0) is 4.74 Å². The molecule has 60 valence electrons. The van der Waals surface area contributed by atoms with Gasteiger partial charge in [0.05, 0.1) is 12.1 Å². The summed E-state index contributed by atoms with van der Waals surface area (Å²) in [7, 11) is 0. The van der Waals surface area contributed by atoms with Crippen molar-refractivity contribution < 1.29 is 17.9 Å². The lowest BCUT2D eigenvalue weighted by molar-refractivity contribution is -0.129. The van der Waals surface area contributed by atoms with Crippen LogP contribution in [0.3, 0.4) is 0 Å². The van der Waals surface area contributed by atoms with Crippen LogP contribution in [0, 0.1) is 0 Å². The number of halogens is 4. The summed E-state index contributed by atoms with van der Waals surface area (Å²) in [6, 6.07) is 0. The van der Waals surface area contributed by atoms with E-state index in [1.165, 1.54) is 6.92 Å². The van der Waals surface area contributed by atoms with Crippen LogP contribution in [-0.4, -0.2) is 12.8 Å². The van der Waals surface area contributed by atoms with Gasteiger partial charge in [-0.05, 0) is 6.92 Å². The topological polar surface area (TPSA) is 9.23 Å². The molecule has 5 heteroatoms. The molecular weight excluding hydrogens is 169 g/mol. The van der Waals surface area contributed by atoms with E-state index < -0.39 is 11.9 Å². The fourth-order valence-corrected chi connectivity index (χ4v) is 0.517. The van der Waals surface area contributed by atoms with Crippen molar-refractivity contribution in [3.05, 3.63) is 11.3 Å². The van der Waals surface area contributed by atoms with Gasteiger partial charge in [-0.2, -0.15) is 13.2 Å². The van der Waals surface area contributed by atoms with Gasteiger partial charge in [0.25, 0.3) is 0 Å². The molecule has 0 fully saturated rings. The summed E-state index contributed by atoms with van der Waals surface area (Å²) in [5.74, 6) is -1.16. The highest BCUT2D eigenvalue weighted by atomic mass is 35.5. The van der Waals surface area contributed by atoms with Crippen molar-refractivity contribution in [2.24, 2.45) is 0 Å². The van der Waals surface area contributed by atoms with E-state index >= 15 is 0 Å². The second kappa shape index (κ2) is 3.71. The molecule has 0 radical (unpaired) electrons. The Morgan fingerprint density at radius 1 is 1.60 bits per heavy atom. The van der Waals surface area contributed by atoms with Gasteiger partial charge in [0.1, 0.15) is 0 Å². The first-order valence-electron chi connectivity index (χ1n) is 2.52. The maximum atomic E-state index is 11.6. The minimum Gasteiger partial charge on any atom is -0.489 e. The second-order valence-electron chi connectivity index (χ2n) is 1.40. The quantitative estimate of drug-likeness (QED) is 0.585. The monoisotopic (exact) mass is 174 g/mol. The van der Waals surface area contributed by atoms with Crippen molar-refractivity contribution >= 4 is 11.6 Å². The summed E-state index contributed by atoms with van der Waals surface area (Å²) in [5.41, 5.74) is 0.378. The van der Waals surface area contributed by atoms with E-state index in [1.807, 2.05) is 0 Å². The molecule has 0 amide bonds. The normalized spacial score (nSPS) is 13.5. The summed E-state index contributed by atoms with van der Waals surface area (Å²) in [4.78, 5) is 0. The average Bonchev–Trinajstić information content (AvgIpc) is 1.80. The summed E-state index contributed by atoms with van der Waals surface area (Å²) < 4.78 is 39.0. The lowest BCUT2D eigenvalue weighted by atomic mass is 10.5. The molecule has 10 heavy (non-hydrogen) atoms. The number of ether oxygens (including phenoxy) is 1. The molecule has 0 aliphatic carbocycles. The molecule has 0 aliphatic heterocycles. The predicted molar refractivity (Wildman–Crippen MR) is 31.6 cm³/mol. The average molecular weight is 175 g/mol. The Bertz CT molecular complexity index is 129. The minimum atomic E-state index is -4.47. The van der Waals surface area contributed by atoms with E-state index in [4.69, 9.17) is 11.6 Å². The first-order valence-corrected chi connectivity index (χ1v) is 2.96. The molecule has 0 spiro atoms. The van der Waals surface area contributed by atoms with Crippen LogP contribution in [0.5, 0.6) is 0 Å². The van der Waals surface area contributed by atoms with Gasteiger partial charge in [-0.25, -0.2) is 0 Å². The summed E-state index contributed by atoms with van der Waals surface area (Å²) in [6.45, 7) is 1.41. The van der Waals surface area contributed by atoms with Crippen molar-refractivity contribution in [1.82, 2.24) is 0 Å². The molecule has 0 saturated heterocycles. The highest BCUT2D eigenvalue weighted by molar-refractivity contribution is 6.25. The molecule has 0 saturated carbocycles. The fourth-order valence-electron chi connectivity index (χ4n) is 0.331. The molecule has 0 heterocycles. The molecule has 0 rings (SSSR count). The Kier molecular flexibility index (Phi) is 3.57. The van der Waals surface area contributed by atoms with E-state index in [9.17, 15) is 13.2 Å². The first kappa shape index (κ1) is 9.62. The smallest absolute Gasteiger partial charge is 0.449 e. The van der Waals surface area contributed by atoms with Gasteiger partial charge < -0.3 is 4.74 Å². The van der Waals surface area contributed by atoms with Gasteiger partial charge in [-0.1, -0.05) is 11.6 Å². The van der Waals surface area contributed by atoms with E-state index in [0.717, 1.165) is 0 Å². The lowest BCUT2D eigenvalue weighted by Crippen LogP contribution is -2.14. The van der Waals surface area contributed by atoms with Gasteiger partial charge in [-0.3, -0.25) is 0 Å². The van der Waals surface area contributed by atoms with Crippen molar-refractivity contribution in [3.8, 4) is 0 Å². The third-order valence-electron chi connectivity index (χ3n) is 0.678. The number of rotatable bonds is 2.